The van der Waals surface area contributed by atoms with Gasteiger partial charge in [-0.25, -0.2) is 0 Å². The molecule has 1 aromatic heterocycles. The fraction of sp³-hybridized carbons (Fsp3) is 0.333. The van der Waals surface area contributed by atoms with Crippen molar-refractivity contribution in [2.45, 2.75) is 19.4 Å². The number of hydrogen-bond acceptors (Lipinski definition) is 3. The molecule has 0 spiro atoms. The van der Waals surface area contributed by atoms with E-state index in [9.17, 15) is 0 Å². The summed E-state index contributed by atoms with van der Waals surface area (Å²) >= 11 is 13.5. The number of thiophene rings is 1. The van der Waals surface area contributed by atoms with E-state index in [4.69, 9.17) is 27.9 Å². The molecule has 0 saturated heterocycles. The van der Waals surface area contributed by atoms with Crippen LogP contribution in [0.5, 0.6) is 5.75 Å². The van der Waals surface area contributed by atoms with Gasteiger partial charge in [0.2, 0.25) is 0 Å². The summed E-state index contributed by atoms with van der Waals surface area (Å²) in [4.78, 5) is 0. The molecule has 0 aliphatic rings. The third-order valence-corrected chi connectivity index (χ3v) is 4.67. The predicted octanol–water partition coefficient (Wildman–Crippen LogP) is 4.96. The first-order valence-electron chi connectivity index (χ1n) is 6.41. The topological polar surface area (TPSA) is 21.3 Å². The summed E-state index contributed by atoms with van der Waals surface area (Å²) in [5.74, 6) is 0.892. The SMILES string of the molecule is COc1cccc(CCNC(C)c2cc(Cl)sc2Cl)c1. The van der Waals surface area contributed by atoms with Crippen LogP contribution in [0.3, 0.4) is 0 Å². The summed E-state index contributed by atoms with van der Waals surface area (Å²) in [7, 11) is 1.68. The smallest absolute Gasteiger partial charge is 0.119 e. The lowest BCUT2D eigenvalue weighted by atomic mass is 10.1. The van der Waals surface area contributed by atoms with Crippen LogP contribution in [0.2, 0.25) is 8.67 Å². The highest BCUT2D eigenvalue weighted by Gasteiger charge is 2.12. The summed E-state index contributed by atoms with van der Waals surface area (Å²) in [5.41, 5.74) is 2.31. The van der Waals surface area contributed by atoms with Crippen molar-refractivity contribution >= 4 is 34.5 Å². The van der Waals surface area contributed by atoms with Gasteiger partial charge in [-0.3, -0.25) is 0 Å². The Balaban J connectivity index is 1.87. The minimum Gasteiger partial charge on any atom is -0.497 e. The summed E-state index contributed by atoms with van der Waals surface area (Å²) in [6, 6.07) is 10.2. The van der Waals surface area contributed by atoms with Gasteiger partial charge in [0.1, 0.15) is 5.75 Å². The van der Waals surface area contributed by atoms with Gasteiger partial charge in [0.25, 0.3) is 0 Å². The predicted molar refractivity (Wildman–Crippen MR) is 87.5 cm³/mol. The number of rotatable bonds is 6. The number of methoxy groups -OCH3 is 1. The highest BCUT2D eigenvalue weighted by molar-refractivity contribution is 7.20. The van der Waals surface area contributed by atoms with E-state index in [-0.39, 0.29) is 6.04 Å². The molecule has 1 atom stereocenters. The Labute approximate surface area is 133 Å². The van der Waals surface area contributed by atoms with E-state index >= 15 is 0 Å². The lowest BCUT2D eigenvalue weighted by Gasteiger charge is -2.13. The molecule has 1 aromatic carbocycles. The van der Waals surface area contributed by atoms with E-state index < -0.39 is 0 Å². The van der Waals surface area contributed by atoms with Crippen LogP contribution in [0.15, 0.2) is 30.3 Å². The molecule has 1 unspecified atom stereocenters. The molecule has 20 heavy (non-hydrogen) atoms. The molecular formula is C15H17Cl2NOS. The summed E-state index contributed by atoms with van der Waals surface area (Å²) in [5, 5.41) is 3.46. The number of halogens is 2. The lowest BCUT2D eigenvalue weighted by Crippen LogP contribution is -2.21. The van der Waals surface area contributed by atoms with Crippen molar-refractivity contribution < 1.29 is 4.74 Å². The molecule has 0 aliphatic carbocycles. The van der Waals surface area contributed by atoms with Crippen LogP contribution in [-0.2, 0) is 6.42 Å². The molecule has 1 N–H and O–H groups in total. The minimum absolute atomic E-state index is 0.192. The van der Waals surface area contributed by atoms with Gasteiger partial charge in [-0.05, 0) is 49.2 Å². The second-order valence-corrected chi connectivity index (χ2v) is 6.84. The van der Waals surface area contributed by atoms with Crippen molar-refractivity contribution in [1.29, 1.82) is 0 Å². The molecule has 0 radical (unpaired) electrons. The maximum atomic E-state index is 6.15. The van der Waals surface area contributed by atoms with E-state index in [0.717, 1.165) is 33.0 Å². The van der Waals surface area contributed by atoms with Crippen molar-refractivity contribution in [1.82, 2.24) is 5.32 Å². The maximum Gasteiger partial charge on any atom is 0.119 e. The molecule has 1 heterocycles. The average Bonchev–Trinajstić information content (AvgIpc) is 2.78. The zero-order chi connectivity index (χ0) is 14.5. The Kier molecular flexibility index (Phi) is 5.73. The summed E-state index contributed by atoms with van der Waals surface area (Å²) < 4.78 is 6.71. The molecule has 0 fully saturated rings. The van der Waals surface area contributed by atoms with Crippen molar-refractivity contribution in [3.05, 3.63) is 50.1 Å². The van der Waals surface area contributed by atoms with Crippen LogP contribution >= 0.6 is 34.5 Å². The summed E-state index contributed by atoms with van der Waals surface area (Å²) in [6.45, 7) is 2.97. The Morgan fingerprint density at radius 3 is 2.75 bits per heavy atom. The van der Waals surface area contributed by atoms with Crippen LogP contribution < -0.4 is 10.1 Å². The molecule has 0 amide bonds. The third-order valence-electron chi connectivity index (χ3n) is 3.15. The zero-order valence-electron chi connectivity index (χ0n) is 11.5. The van der Waals surface area contributed by atoms with Gasteiger partial charge < -0.3 is 10.1 Å². The Morgan fingerprint density at radius 2 is 2.10 bits per heavy atom. The largest absolute Gasteiger partial charge is 0.497 e. The molecule has 0 aliphatic heterocycles. The number of benzene rings is 1. The van der Waals surface area contributed by atoms with Crippen molar-refractivity contribution in [2.24, 2.45) is 0 Å². The second-order valence-electron chi connectivity index (χ2n) is 4.56. The number of nitrogens with one attached hydrogen (secondary N) is 1. The second kappa shape index (κ2) is 7.32. The monoisotopic (exact) mass is 329 g/mol. The molecule has 2 rings (SSSR count). The van der Waals surface area contributed by atoms with Crippen molar-refractivity contribution in [2.75, 3.05) is 13.7 Å². The van der Waals surface area contributed by atoms with E-state index in [1.807, 2.05) is 18.2 Å². The molecule has 2 aromatic rings. The van der Waals surface area contributed by atoms with Crippen LogP contribution in [-0.4, -0.2) is 13.7 Å². The molecule has 5 heteroatoms. The van der Waals surface area contributed by atoms with Crippen LogP contribution in [0.1, 0.15) is 24.1 Å². The Hall–Kier alpha value is -0.740. The van der Waals surface area contributed by atoms with Gasteiger partial charge in [-0.15, -0.1) is 11.3 Å². The first-order valence-corrected chi connectivity index (χ1v) is 7.98. The van der Waals surface area contributed by atoms with E-state index in [2.05, 4.69) is 24.4 Å². The van der Waals surface area contributed by atoms with Crippen LogP contribution in [0.4, 0.5) is 0 Å². The van der Waals surface area contributed by atoms with Gasteiger partial charge in [-0.1, -0.05) is 35.3 Å². The van der Waals surface area contributed by atoms with Gasteiger partial charge in [-0.2, -0.15) is 0 Å². The first kappa shape index (κ1) is 15.6. The zero-order valence-corrected chi connectivity index (χ0v) is 13.8. The standard InChI is InChI=1S/C15H17Cl2NOS/c1-10(13-9-14(16)20-15(13)17)18-7-6-11-4-3-5-12(8-11)19-2/h3-5,8-10,18H,6-7H2,1-2H3. The van der Waals surface area contributed by atoms with Gasteiger partial charge >= 0.3 is 0 Å². The van der Waals surface area contributed by atoms with Crippen LogP contribution in [0, 0.1) is 0 Å². The molecule has 0 saturated carbocycles. The maximum absolute atomic E-state index is 6.15. The van der Waals surface area contributed by atoms with E-state index in [0.29, 0.717) is 0 Å². The Morgan fingerprint density at radius 1 is 1.30 bits per heavy atom. The van der Waals surface area contributed by atoms with Crippen LogP contribution in [0.25, 0.3) is 0 Å². The number of hydrogen-bond donors (Lipinski definition) is 1. The quantitative estimate of drug-likeness (QED) is 0.808. The average molecular weight is 330 g/mol. The number of ether oxygens (including phenoxy) is 1. The van der Waals surface area contributed by atoms with Gasteiger partial charge in [0.15, 0.2) is 0 Å². The highest BCUT2D eigenvalue weighted by Crippen LogP contribution is 2.34. The molecule has 2 nitrogen and oxygen atoms in total. The van der Waals surface area contributed by atoms with E-state index in [1.54, 1.807) is 7.11 Å². The normalized spacial score (nSPS) is 12.4. The highest BCUT2D eigenvalue weighted by atomic mass is 35.5. The summed E-state index contributed by atoms with van der Waals surface area (Å²) in [6.07, 6.45) is 0.941. The minimum atomic E-state index is 0.192. The fourth-order valence-corrected chi connectivity index (χ4v) is 3.66. The molecule has 0 bridgehead atoms. The van der Waals surface area contributed by atoms with Crippen molar-refractivity contribution in [3.8, 4) is 5.75 Å². The Bertz CT molecular complexity index is 571. The van der Waals surface area contributed by atoms with Gasteiger partial charge in [0, 0.05) is 6.04 Å². The fourth-order valence-electron chi connectivity index (χ4n) is 2.02. The van der Waals surface area contributed by atoms with E-state index in [1.165, 1.54) is 16.9 Å². The lowest BCUT2D eigenvalue weighted by molar-refractivity contribution is 0.414. The van der Waals surface area contributed by atoms with Crippen molar-refractivity contribution in [3.63, 3.8) is 0 Å². The first-order chi connectivity index (χ1) is 9.60. The molecular weight excluding hydrogens is 313 g/mol. The van der Waals surface area contributed by atoms with Gasteiger partial charge in [0.05, 0.1) is 15.8 Å². The third kappa shape index (κ3) is 4.13. The molecule has 108 valence electrons.